The number of para-hydroxylation sites is 2. The predicted molar refractivity (Wildman–Crippen MR) is 61.7 cm³/mol. The summed E-state index contributed by atoms with van der Waals surface area (Å²) < 4.78 is 10.5. The van der Waals surface area contributed by atoms with Crippen LogP contribution in [-0.2, 0) is 9.53 Å². The van der Waals surface area contributed by atoms with E-state index in [9.17, 15) is 4.79 Å². The molecule has 2 rings (SSSR count). The molecule has 2 N–H and O–H groups in total. The number of aliphatic hydroxyl groups excluding tert-OH is 1. The number of anilines is 1. The van der Waals surface area contributed by atoms with E-state index in [2.05, 4.69) is 5.32 Å². The van der Waals surface area contributed by atoms with Gasteiger partial charge in [0.15, 0.2) is 18.3 Å². The van der Waals surface area contributed by atoms with Crippen LogP contribution < -0.4 is 10.1 Å². The monoisotopic (exact) mass is 235 g/mol. The van der Waals surface area contributed by atoms with Gasteiger partial charge >= 0.3 is 0 Å². The smallest absolute Gasteiger partial charge is 0.198 e. The second kappa shape index (κ2) is 5.36. The second-order valence-electron chi connectivity index (χ2n) is 3.46. The van der Waals surface area contributed by atoms with E-state index in [0.29, 0.717) is 17.3 Å². The standard InChI is InChI=1S/C12H13NO4/c14-5-6-16-11-4-2-1-3-10(11)13-12-7-9(15)8-17-12/h1-4,7,13-14H,5-6,8H2. The van der Waals surface area contributed by atoms with Gasteiger partial charge in [-0.15, -0.1) is 0 Å². The van der Waals surface area contributed by atoms with E-state index in [4.69, 9.17) is 14.6 Å². The third-order valence-electron chi connectivity index (χ3n) is 2.16. The lowest BCUT2D eigenvalue weighted by molar-refractivity contribution is -0.115. The van der Waals surface area contributed by atoms with Crippen molar-refractivity contribution >= 4 is 11.5 Å². The molecule has 0 unspecified atom stereocenters. The summed E-state index contributed by atoms with van der Waals surface area (Å²) in [4.78, 5) is 11.0. The number of carbonyl (C=O) groups excluding carboxylic acids is 1. The molecule has 0 radical (unpaired) electrons. The normalized spacial score (nSPS) is 14.2. The van der Waals surface area contributed by atoms with Crippen molar-refractivity contribution in [1.29, 1.82) is 0 Å². The van der Waals surface area contributed by atoms with Gasteiger partial charge in [0.1, 0.15) is 12.4 Å². The molecule has 0 amide bonds. The van der Waals surface area contributed by atoms with Crippen molar-refractivity contribution in [2.75, 3.05) is 25.1 Å². The number of benzene rings is 1. The van der Waals surface area contributed by atoms with Crippen LogP contribution in [0.4, 0.5) is 5.69 Å². The highest BCUT2D eigenvalue weighted by atomic mass is 16.5. The van der Waals surface area contributed by atoms with Crippen molar-refractivity contribution < 1.29 is 19.4 Å². The van der Waals surface area contributed by atoms with E-state index in [1.807, 2.05) is 12.1 Å². The fourth-order valence-corrected chi connectivity index (χ4v) is 1.43. The molecule has 90 valence electrons. The third-order valence-corrected chi connectivity index (χ3v) is 2.16. The van der Waals surface area contributed by atoms with Gasteiger partial charge in [-0.05, 0) is 12.1 Å². The van der Waals surface area contributed by atoms with Crippen molar-refractivity contribution in [1.82, 2.24) is 0 Å². The predicted octanol–water partition coefficient (Wildman–Crippen LogP) is 0.910. The Hall–Kier alpha value is -2.01. The van der Waals surface area contributed by atoms with Gasteiger partial charge in [-0.1, -0.05) is 12.1 Å². The highest BCUT2D eigenvalue weighted by molar-refractivity contribution is 5.93. The first-order chi connectivity index (χ1) is 8.29. The molecule has 0 aromatic heterocycles. The minimum Gasteiger partial charge on any atom is -0.489 e. The van der Waals surface area contributed by atoms with Crippen molar-refractivity contribution in [3.63, 3.8) is 0 Å². The Morgan fingerprint density at radius 2 is 2.24 bits per heavy atom. The number of aliphatic hydroxyl groups is 1. The molecule has 0 saturated heterocycles. The Morgan fingerprint density at radius 1 is 1.41 bits per heavy atom. The second-order valence-corrected chi connectivity index (χ2v) is 3.46. The summed E-state index contributed by atoms with van der Waals surface area (Å²) in [6.07, 6.45) is 1.41. The molecule has 5 nitrogen and oxygen atoms in total. The summed E-state index contributed by atoms with van der Waals surface area (Å²) in [6, 6.07) is 7.24. The fraction of sp³-hybridized carbons (Fsp3) is 0.250. The summed E-state index contributed by atoms with van der Waals surface area (Å²) in [6.45, 7) is 0.242. The van der Waals surface area contributed by atoms with Crippen LogP contribution in [0.3, 0.4) is 0 Å². The molecule has 0 fully saturated rings. The number of hydrogen-bond acceptors (Lipinski definition) is 5. The number of hydrogen-bond donors (Lipinski definition) is 2. The summed E-state index contributed by atoms with van der Waals surface area (Å²) in [5.41, 5.74) is 0.696. The van der Waals surface area contributed by atoms with Crippen LogP contribution in [0.2, 0.25) is 0 Å². The number of rotatable bonds is 5. The van der Waals surface area contributed by atoms with Crippen LogP contribution in [0.5, 0.6) is 5.75 Å². The first-order valence-corrected chi connectivity index (χ1v) is 5.26. The molecular weight excluding hydrogens is 222 g/mol. The zero-order valence-electron chi connectivity index (χ0n) is 9.18. The Kier molecular flexibility index (Phi) is 3.62. The van der Waals surface area contributed by atoms with Crippen molar-refractivity contribution in [2.24, 2.45) is 0 Å². The van der Waals surface area contributed by atoms with E-state index in [1.165, 1.54) is 6.08 Å². The maximum atomic E-state index is 11.0. The lowest BCUT2D eigenvalue weighted by Crippen LogP contribution is -2.06. The molecule has 0 aliphatic carbocycles. The van der Waals surface area contributed by atoms with Crippen LogP contribution in [0, 0.1) is 0 Å². The third kappa shape index (κ3) is 2.98. The average Bonchev–Trinajstić information content (AvgIpc) is 2.74. The van der Waals surface area contributed by atoms with Crippen molar-refractivity contribution in [2.45, 2.75) is 0 Å². The van der Waals surface area contributed by atoms with Gasteiger partial charge < -0.3 is 19.9 Å². The zero-order valence-corrected chi connectivity index (χ0v) is 9.18. The molecule has 1 aromatic carbocycles. The highest BCUT2D eigenvalue weighted by Crippen LogP contribution is 2.25. The van der Waals surface area contributed by atoms with Gasteiger partial charge in [0.25, 0.3) is 0 Å². The average molecular weight is 235 g/mol. The lowest BCUT2D eigenvalue weighted by atomic mass is 10.3. The van der Waals surface area contributed by atoms with Crippen LogP contribution >= 0.6 is 0 Å². The lowest BCUT2D eigenvalue weighted by Gasteiger charge is -2.12. The van der Waals surface area contributed by atoms with Gasteiger partial charge in [0.05, 0.1) is 12.3 Å². The first kappa shape index (κ1) is 11.5. The minimum atomic E-state index is -0.0683. The molecule has 1 aliphatic heterocycles. The van der Waals surface area contributed by atoms with Gasteiger partial charge in [0, 0.05) is 6.08 Å². The van der Waals surface area contributed by atoms with Gasteiger partial charge in [-0.3, -0.25) is 4.79 Å². The largest absolute Gasteiger partial charge is 0.489 e. The number of carbonyl (C=O) groups is 1. The summed E-state index contributed by atoms with van der Waals surface area (Å²) >= 11 is 0. The Morgan fingerprint density at radius 3 is 2.94 bits per heavy atom. The molecule has 0 atom stereocenters. The van der Waals surface area contributed by atoms with E-state index in [-0.39, 0.29) is 25.6 Å². The quantitative estimate of drug-likeness (QED) is 0.794. The van der Waals surface area contributed by atoms with E-state index in [1.54, 1.807) is 12.1 Å². The topological polar surface area (TPSA) is 67.8 Å². The SMILES string of the molecule is O=C1C=C(Nc2ccccc2OCCO)OC1. The van der Waals surface area contributed by atoms with Crippen molar-refractivity contribution in [3.8, 4) is 5.75 Å². The Balaban J connectivity index is 2.09. The molecule has 1 heterocycles. The molecule has 1 aliphatic rings. The fourth-order valence-electron chi connectivity index (χ4n) is 1.43. The number of ether oxygens (including phenoxy) is 2. The minimum absolute atomic E-state index is 0.0496. The molecular formula is C12H13NO4. The molecule has 0 spiro atoms. The van der Waals surface area contributed by atoms with Crippen molar-refractivity contribution in [3.05, 3.63) is 36.2 Å². The van der Waals surface area contributed by atoms with Crippen LogP contribution in [0.15, 0.2) is 36.2 Å². The van der Waals surface area contributed by atoms with Crippen LogP contribution in [0.1, 0.15) is 0 Å². The van der Waals surface area contributed by atoms with Gasteiger partial charge in [-0.2, -0.15) is 0 Å². The van der Waals surface area contributed by atoms with E-state index in [0.717, 1.165) is 0 Å². The van der Waals surface area contributed by atoms with Gasteiger partial charge in [-0.25, -0.2) is 0 Å². The molecule has 5 heteroatoms. The molecule has 17 heavy (non-hydrogen) atoms. The zero-order chi connectivity index (χ0) is 12.1. The van der Waals surface area contributed by atoms with E-state index >= 15 is 0 Å². The maximum absolute atomic E-state index is 11.0. The van der Waals surface area contributed by atoms with Crippen LogP contribution in [-0.4, -0.2) is 30.7 Å². The number of ketones is 1. The highest BCUT2D eigenvalue weighted by Gasteiger charge is 2.14. The summed E-state index contributed by atoms with van der Waals surface area (Å²) in [5.74, 6) is 0.946. The van der Waals surface area contributed by atoms with Crippen LogP contribution in [0.25, 0.3) is 0 Å². The maximum Gasteiger partial charge on any atom is 0.198 e. The number of nitrogens with one attached hydrogen (secondary N) is 1. The van der Waals surface area contributed by atoms with E-state index < -0.39 is 0 Å². The summed E-state index contributed by atoms with van der Waals surface area (Å²) in [7, 11) is 0. The van der Waals surface area contributed by atoms with Gasteiger partial charge in [0.2, 0.25) is 0 Å². The Labute approximate surface area is 98.7 Å². The first-order valence-electron chi connectivity index (χ1n) is 5.26. The molecule has 0 saturated carbocycles. The molecule has 0 bridgehead atoms. The summed E-state index contributed by atoms with van der Waals surface area (Å²) in [5, 5.41) is 11.7. The Bertz CT molecular complexity index is 442. The molecule has 1 aromatic rings.